The number of imidazole rings is 1. The Hall–Kier alpha value is -3.73. The van der Waals surface area contributed by atoms with Crippen LogP contribution in [-0.2, 0) is 32.0 Å². The molecule has 0 radical (unpaired) electrons. The molecule has 200 valence electrons. The van der Waals surface area contributed by atoms with Gasteiger partial charge in [-0.2, -0.15) is 0 Å². The topological polar surface area (TPSA) is 171 Å². The van der Waals surface area contributed by atoms with Gasteiger partial charge in [0, 0.05) is 24.9 Å². The number of rotatable bonds is 12. The van der Waals surface area contributed by atoms with Crippen LogP contribution in [0, 0.1) is 5.92 Å². The molecule has 0 saturated carbocycles. The van der Waals surface area contributed by atoms with Crippen molar-refractivity contribution < 1.29 is 24.3 Å². The van der Waals surface area contributed by atoms with Crippen LogP contribution < -0.4 is 16.4 Å². The van der Waals surface area contributed by atoms with Crippen LogP contribution in [0.2, 0.25) is 0 Å². The lowest BCUT2D eigenvalue weighted by atomic mass is 10.0. The van der Waals surface area contributed by atoms with Crippen molar-refractivity contribution in [2.45, 2.75) is 70.1 Å². The van der Waals surface area contributed by atoms with Gasteiger partial charge in [-0.25, -0.2) is 9.78 Å². The average Bonchev–Trinajstić information content (AvgIpc) is 3.55. The van der Waals surface area contributed by atoms with Gasteiger partial charge in [-0.3, -0.25) is 14.4 Å². The van der Waals surface area contributed by atoms with Crippen molar-refractivity contribution in [3.8, 4) is 0 Å². The van der Waals surface area contributed by atoms with Crippen LogP contribution in [0.15, 0.2) is 42.9 Å². The molecule has 1 fully saturated rings. The van der Waals surface area contributed by atoms with Crippen LogP contribution >= 0.6 is 0 Å². The normalized spacial score (nSPS) is 17.7. The summed E-state index contributed by atoms with van der Waals surface area (Å²) in [6.07, 6.45) is 4.68. The highest BCUT2D eigenvalue weighted by Gasteiger charge is 2.38. The number of likely N-dealkylation sites (tertiary alicyclic amines) is 1. The van der Waals surface area contributed by atoms with Gasteiger partial charge >= 0.3 is 5.97 Å². The maximum Gasteiger partial charge on any atom is 0.326 e. The van der Waals surface area contributed by atoms with Gasteiger partial charge in [-0.05, 0) is 37.2 Å². The molecule has 0 spiro atoms. The number of carboxylic acids is 1. The lowest BCUT2D eigenvalue weighted by Crippen LogP contribution is -2.58. The van der Waals surface area contributed by atoms with Crippen molar-refractivity contribution in [3.05, 3.63) is 54.1 Å². The lowest BCUT2D eigenvalue weighted by molar-refractivity contribution is -0.149. The number of carbonyl (C=O) groups is 4. The Kier molecular flexibility index (Phi) is 9.78. The minimum atomic E-state index is -1.07. The molecule has 4 unspecified atom stereocenters. The average molecular weight is 513 g/mol. The van der Waals surface area contributed by atoms with Crippen LogP contribution in [0.3, 0.4) is 0 Å². The van der Waals surface area contributed by atoms with Gasteiger partial charge in [0.25, 0.3) is 0 Å². The fourth-order valence-electron chi connectivity index (χ4n) is 4.52. The zero-order valence-corrected chi connectivity index (χ0v) is 21.2. The monoisotopic (exact) mass is 512 g/mol. The second-order valence-electron chi connectivity index (χ2n) is 9.86. The Morgan fingerprint density at radius 3 is 2.43 bits per heavy atom. The van der Waals surface area contributed by atoms with Gasteiger partial charge in [-0.1, -0.05) is 44.2 Å². The Labute approximate surface area is 216 Å². The molecule has 37 heavy (non-hydrogen) atoms. The number of aromatic amines is 1. The first-order valence-corrected chi connectivity index (χ1v) is 12.6. The van der Waals surface area contributed by atoms with Gasteiger partial charge in [0.15, 0.2) is 0 Å². The molecule has 1 aromatic heterocycles. The summed E-state index contributed by atoms with van der Waals surface area (Å²) in [5.41, 5.74) is 7.64. The number of hydrogen-bond acceptors (Lipinski definition) is 6. The summed E-state index contributed by atoms with van der Waals surface area (Å²) < 4.78 is 0. The zero-order valence-electron chi connectivity index (χ0n) is 21.2. The third kappa shape index (κ3) is 7.88. The highest BCUT2D eigenvalue weighted by molar-refractivity contribution is 5.94. The molecule has 1 aliphatic heterocycles. The highest BCUT2D eigenvalue weighted by atomic mass is 16.4. The maximum atomic E-state index is 13.4. The first kappa shape index (κ1) is 27.9. The highest BCUT2D eigenvalue weighted by Crippen LogP contribution is 2.19. The molecule has 2 heterocycles. The largest absolute Gasteiger partial charge is 0.480 e. The summed E-state index contributed by atoms with van der Waals surface area (Å²) >= 11 is 0. The Balaban J connectivity index is 1.74. The third-order valence-corrected chi connectivity index (χ3v) is 6.39. The molecule has 1 saturated heterocycles. The fraction of sp³-hybridized carbons (Fsp3) is 0.500. The standard InChI is InChI=1S/C26H36N6O5/c1-16(2)11-20(30-23(33)19(27)12-17-7-4-3-5-8-17)24(34)31-21(13-18-14-28-15-29-18)25(35)32-10-6-9-22(32)26(36)37/h3-5,7-8,14-16,19-22H,6,9-13,27H2,1-2H3,(H,28,29)(H,30,33)(H,31,34)(H,36,37). The molecule has 2 aromatic rings. The number of nitrogens with one attached hydrogen (secondary N) is 3. The molecule has 1 aliphatic rings. The number of hydrogen-bond donors (Lipinski definition) is 5. The van der Waals surface area contributed by atoms with E-state index in [9.17, 15) is 24.3 Å². The summed E-state index contributed by atoms with van der Waals surface area (Å²) in [5.74, 6) is -2.49. The number of amides is 3. The summed E-state index contributed by atoms with van der Waals surface area (Å²) in [7, 11) is 0. The lowest BCUT2D eigenvalue weighted by Gasteiger charge is -2.29. The van der Waals surface area contributed by atoms with Crippen molar-refractivity contribution in [1.82, 2.24) is 25.5 Å². The number of aliphatic carboxylic acids is 1. The van der Waals surface area contributed by atoms with Crippen LogP contribution in [0.5, 0.6) is 0 Å². The van der Waals surface area contributed by atoms with E-state index in [1.54, 1.807) is 6.20 Å². The van der Waals surface area contributed by atoms with E-state index in [4.69, 9.17) is 5.73 Å². The SMILES string of the molecule is CC(C)CC(NC(=O)C(N)Cc1ccccc1)C(=O)NC(Cc1cnc[nH]1)C(=O)N1CCCC1C(=O)O. The Bertz CT molecular complexity index is 1060. The van der Waals surface area contributed by atoms with E-state index in [2.05, 4.69) is 20.6 Å². The second kappa shape index (κ2) is 13.0. The van der Waals surface area contributed by atoms with Crippen LogP contribution in [0.25, 0.3) is 0 Å². The predicted octanol–water partition coefficient (Wildman–Crippen LogP) is 0.614. The number of carboxylic acid groups (broad SMARTS) is 1. The Morgan fingerprint density at radius 2 is 1.81 bits per heavy atom. The summed E-state index contributed by atoms with van der Waals surface area (Å²) in [5, 5.41) is 15.1. The van der Waals surface area contributed by atoms with Gasteiger partial charge < -0.3 is 31.4 Å². The molecular weight excluding hydrogens is 476 g/mol. The number of H-pyrrole nitrogens is 1. The van der Waals surface area contributed by atoms with Crippen molar-refractivity contribution in [1.29, 1.82) is 0 Å². The van der Waals surface area contributed by atoms with E-state index in [-0.39, 0.29) is 12.3 Å². The minimum absolute atomic E-state index is 0.0677. The van der Waals surface area contributed by atoms with E-state index < -0.39 is 47.9 Å². The van der Waals surface area contributed by atoms with Crippen LogP contribution in [-0.4, -0.2) is 74.4 Å². The summed E-state index contributed by atoms with van der Waals surface area (Å²) in [6.45, 7) is 4.14. The smallest absolute Gasteiger partial charge is 0.326 e. The van der Waals surface area contributed by atoms with E-state index in [0.29, 0.717) is 37.9 Å². The number of aromatic nitrogens is 2. The molecule has 11 nitrogen and oxygen atoms in total. The maximum absolute atomic E-state index is 13.4. The molecule has 6 N–H and O–H groups in total. The number of nitrogens with zero attached hydrogens (tertiary/aromatic N) is 2. The van der Waals surface area contributed by atoms with E-state index in [1.165, 1.54) is 11.2 Å². The molecule has 4 atom stereocenters. The minimum Gasteiger partial charge on any atom is -0.480 e. The molecule has 3 rings (SSSR count). The van der Waals surface area contributed by atoms with Crippen molar-refractivity contribution in [2.24, 2.45) is 11.7 Å². The van der Waals surface area contributed by atoms with Crippen LogP contribution in [0.4, 0.5) is 0 Å². The first-order chi connectivity index (χ1) is 17.7. The predicted molar refractivity (Wildman–Crippen MR) is 136 cm³/mol. The van der Waals surface area contributed by atoms with Gasteiger partial charge in [0.05, 0.1) is 12.4 Å². The Morgan fingerprint density at radius 1 is 1.11 bits per heavy atom. The molecular formula is C26H36N6O5. The number of benzene rings is 1. The molecule has 11 heteroatoms. The van der Waals surface area contributed by atoms with Gasteiger partial charge in [-0.15, -0.1) is 0 Å². The fourth-order valence-corrected chi connectivity index (χ4v) is 4.52. The molecule has 0 aliphatic carbocycles. The van der Waals surface area contributed by atoms with Crippen molar-refractivity contribution in [3.63, 3.8) is 0 Å². The van der Waals surface area contributed by atoms with Gasteiger partial charge in [0.1, 0.15) is 18.1 Å². The molecule has 3 amide bonds. The van der Waals surface area contributed by atoms with Crippen molar-refractivity contribution in [2.75, 3.05) is 6.54 Å². The molecule has 0 bridgehead atoms. The van der Waals surface area contributed by atoms with Crippen LogP contribution in [0.1, 0.15) is 44.4 Å². The van der Waals surface area contributed by atoms with E-state index in [1.807, 2.05) is 44.2 Å². The first-order valence-electron chi connectivity index (χ1n) is 12.6. The number of nitrogens with two attached hydrogens (primary N) is 1. The number of carbonyl (C=O) groups excluding carboxylic acids is 3. The quantitative estimate of drug-likeness (QED) is 0.277. The molecule has 1 aromatic carbocycles. The van der Waals surface area contributed by atoms with E-state index in [0.717, 1.165) is 5.56 Å². The summed E-state index contributed by atoms with van der Waals surface area (Å²) in [4.78, 5) is 59.5. The zero-order chi connectivity index (χ0) is 26.9. The second-order valence-corrected chi connectivity index (χ2v) is 9.86. The van der Waals surface area contributed by atoms with Gasteiger partial charge in [0.2, 0.25) is 17.7 Å². The van der Waals surface area contributed by atoms with E-state index >= 15 is 0 Å². The third-order valence-electron chi connectivity index (χ3n) is 6.39. The van der Waals surface area contributed by atoms with Crippen molar-refractivity contribution >= 4 is 23.7 Å². The summed E-state index contributed by atoms with van der Waals surface area (Å²) in [6, 6.07) is 5.61.